The van der Waals surface area contributed by atoms with Gasteiger partial charge in [0.2, 0.25) is 0 Å². The molecule has 130 valence electrons. The number of amides is 1. The van der Waals surface area contributed by atoms with Crippen LogP contribution in [0.3, 0.4) is 0 Å². The molecule has 2 heterocycles. The number of nitrogens with zero attached hydrogens (tertiary/aromatic N) is 2. The van der Waals surface area contributed by atoms with E-state index in [0.717, 1.165) is 21.0 Å². The number of carbonyl (C=O) groups excluding carboxylic acids is 1. The average Bonchev–Trinajstić information content (AvgIpc) is 2.62. The Bertz CT molecular complexity index is 789. The Morgan fingerprint density at radius 3 is 2.40 bits per heavy atom. The van der Waals surface area contributed by atoms with E-state index in [0.29, 0.717) is 0 Å². The molecule has 0 aliphatic rings. The fourth-order valence-electron chi connectivity index (χ4n) is 2.06. The number of hydrogen-bond acceptors (Lipinski definition) is 3. The molecular weight excluding hydrogens is 424 g/mol. The van der Waals surface area contributed by atoms with Gasteiger partial charge in [-0.15, -0.1) is 24.8 Å². The predicted molar refractivity (Wildman–Crippen MR) is 106 cm³/mol. The molecule has 0 aliphatic heterocycles. The van der Waals surface area contributed by atoms with Crippen molar-refractivity contribution in [3.63, 3.8) is 0 Å². The summed E-state index contributed by atoms with van der Waals surface area (Å²) in [6.07, 6.45) is 6.97. The number of benzene rings is 1. The first-order valence-electron chi connectivity index (χ1n) is 7.15. The summed E-state index contributed by atoms with van der Waals surface area (Å²) in [7, 11) is 0. The zero-order valence-corrected chi connectivity index (χ0v) is 16.5. The van der Waals surface area contributed by atoms with Crippen LogP contribution in [0, 0.1) is 0 Å². The van der Waals surface area contributed by atoms with Gasteiger partial charge in [-0.2, -0.15) is 0 Å². The van der Waals surface area contributed by atoms with Crippen LogP contribution in [0.25, 0.3) is 0 Å². The van der Waals surface area contributed by atoms with Gasteiger partial charge in [0.25, 0.3) is 0 Å². The Hall–Kier alpha value is -1.91. The Morgan fingerprint density at radius 1 is 0.920 bits per heavy atom. The van der Waals surface area contributed by atoms with E-state index in [4.69, 9.17) is 0 Å². The van der Waals surface area contributed by atoms with Crippen molar-refractivity contribution in [1.82, 2.24) is 9.97 Å². The first-order valence-corrected chi connectivity index (χ1v) is 9.22. The molecule has 2 aromatic heterocycles. The molecule has 0 fully saturated rings. The van der Waals surface area contributed by atoms with E-state index in [1.165, 1.54) is 5.56 Å². The van der Waals surface area contributed by atoms with E-state index in [9.17, 15) is 4.79 Å². The molecule has 0 radical (unpaired) electrons. The first-order chi connectivity index (χ1) is 11.3. The zero-order chi connectivity index (χ0) is 15.9. The van der Waals surface area contributed by atoms with Crippen molar-refractivity contribution >= 4 is 55.8 Å². The topological polar surface area (TPSA) is 54.9 Å². The van der Waals surface area contributed by atoms with Gasteiger partial charge in [-0.05, 0) is 0 Å². The van der Waals surface area contributed by atoms with Crippen LogP contribution in [-0.4, -0.2) is 30.8 Å². The van der Waals surface area contributed by atoms with Crippen LogP contribution in [0.5, 0.6) is 0 Å². The van der Waals surface area contributed by atoms with E-state index in [2.05, 4.69) is 21.4 Å². The summed E-state index contributed by atoms with van der Waals surface area (Å²) in [6.45, 7) is 0. The standard InChI is InChI=1S/C18H15N3OSe.2ClH/c22-18(21-15-7-10-19-11-8-15)16-5-1-2-6-17(16)23-13-14-4-3-9-20-12-14;;/h1-12H,13H2,(H,19,21,22);2*1H. The molecule has 3 rings (SSSR count). The minimum absolute atomic E-state index is 0. The van der Waals surface area contributed by atoms with Gasteiger partial charge in [-0.1, -0.05) is 0 Å². The molecule has 25 heavy (non-hydrogen) atoms. The maximum absolute atomic E-state index is 12.5. The second-order valence-electron chi connectivity index (χ2n) is 4.84. The molecule has 0 saturated heterocycles. The van der Waals surface area contributed by atoms with Crippen molar-refractivity contribution in [3.05, 3.63) is 84.4 Å². The fourth-order valence-corrected chi connectivity index (χ4v) is 4.12. The van der Waals surface area contributed by atoms with Crippen molar-refractivity contribution in [2.45, 2.75) is 5.32 Å². The van der Waals surface area contributed by atoms with Crippen LogP contribution in [-0.2, 0) is 5.32 Å². The summed E-state index contributed by atoms with van der Waals surface area (Å²) in [5.41, 5.74) is 2.67. The van der Waals surface area contributed by atoms with Crippen LogP contribution in [0.2, 0.25) is 0 Å². The van der Waals surface area contributed by atoms with Gasteiger partial charge >= 0.3 is 141 Å². The third-order valence-electron chi connectivity index (χ3n) is 3.19. The normalized spacial score (nSPS) is 9.44. The van der Waals surface area contributed by atoms with Crippen molar-refractivity contribution in [2.24, 2.45) is 0 Å². The van der Waals surface area contributed by atoms with E-state index in [1.54, 1.807) is 30.7 Å². The number of aromatic nitrogens is 2. The summed E-state index contributed by atoms with van der Waals surface area (Å²) in [6, 6.07) is 15.3. The second-order valence-corrected chi connectivity index (χ2v) is 6.97. The summed E-state index contributed by atoms with van der Waals surface area (Å²) in [5.74, 6) is -0.0835. The molecule has 0 unspecified atom stereocenters. The molecule has 0 aliphatic carbocycles. The predicted octanol–water partition coefficient (Wildman–Crippen LogP) is 3.10. The Balaban J connectivity index is 0.00000156. The SMILES string of the molecule is Cl.Cl.O=C(Nc1ccncc1)c1ccccc1[Se]Cc1cccnc1. The van der Waals surface area contributed by atoms with Gasteiger partial charge in [-0.3, -0.25) is 0 Å². The van der Waals surface area contributed by atoms with E-state index in [1.807, 2.05) is 36.5 Å². The van der Waals surface area contributed by atoms with E-state index in [-0.39, 0.29) is 45.7 Å². The maximum atomic E-state index is 12.5. The van der Waals surface area contributed by atoms with Crippen molar-refractivity contribution in [2.75, 3.05) is 5.32 Å². The third-order valence-corrected chi connectivity index (χ3v) is 5.59. The second kappa shape index (κ2) is 10.9. The van der Waals surface area contributed by atoms with Crippen molar-refractivity contribution < 1.29 is 4.79 Å². The number of carbonyl (C=O) groups is 1. The number of hydrogen-bond donors (Lipinski definition) is 1. The molecule has 0 bridgehead atoms. The van der Waals surface area contributed by atoms with Crippen molar-refractivity contribution in [3.8, 4) is 0 Å². The zero-order valence-electron chi connectivity index (χ0n) is 13.2. The quantitative estimate of drug-likeness (QED) is 0.620. The molecule has 0 atom stereocenters. The number of nitrogens with one attached hydrogen (secondary N) is 1. The van der Waals surface area contributed by atoms with Gasteiger partial charge in [-0.25, -0.2) is 0 Å². The molecular formula is C18H17Cl2N3OSe. The van der Waals surface area contributed by atoms with Gasteiger partial charge in [0, 0.05) is 0 Å². The van der Waals surface area contributed by atoms with Gasteiger partial charge in [0.05, 0.1) is 0 Å². The van der Waals surface area contributed by atoms with Crippen LogP contribution in [0.1, 0.15) is 15.9 Å². The third kappa shape index (κ3) is 6.14. The van der Waals surface area contributed by atoms with E-state index >= 15 is 0 Å². The van der Waals surface area contributed by atoms with Crippen LogP contribution in [0.15, 0.2) is 73.3 Å². The molecule has 1 aromatic carbocycles. The first kappa shape index (κ1) is 21.1. The van der Waals surface area contributed by atoms with Gasteiger partial charge in [0.15, 0.2) is 0 Å². The monoisotopic (exact) mass is 441 g/mol. The number of rotatable bonds is 5. The Kier molecular flexibility index (Phi) is 9.17. The molecule has 1 N–H and O–H groups in total. The van der Waals surface area contributed by atoms with Gasteiger partial charge < -0.3 is 0 Å². The molecule has 4 nitrogen and oxygen atoms in total. The number of pyridine rings is 2. The fraction of sp³-hybridized carbons (Fsp3) is 0.0556. The van der Waals surface area contributed by atoms with Crippen molar-refractivity contribution in [1.29, 1.82) is 0 Å². The minimum atomic E-state index is -0.0835. The molecule has 7 heteroatoms. The average molecular weight is 441 g/mol. The van der Waals surface area contributed by atoms with Crippen LogP contribution >= 0.6 is 24.8 Å². The van der Waals surface area contributed by atoms with Crippen LogP contribution < -0.4 is 9.78 Å². The summed E-state index contributed by atoms with van der Waals surface area (Å²) in [4.78, 5) is 20.6. The summed E-state index contributed by atoms with van der Waals surface area (Å²) >= 11 is 0.176. The molecule has 1 amide bonds. The van der Waals surface area contributed by atoms with Gasteiger partial charge in [0.1, 0.15) is 0 Å². The summed E-state index contributed by atoms with van der Waals surface area (Å²) in [5, 5.41) is 3.83. The molecule has 3 aromatic rings. The Morgan fingerprint density at radius 2 is 1.68 bits per heavy atom. The molecule has 0 spiro atoms. The number of halogens is 2. The number of anilines is 1. The van der Waals surface area contributed by atoms with Crippen LogP contribution in [0.4, 0.5) is 5.69 Å². The summed E-state index contributed by atoms with van der Waals surface area (Å²) < 4.78 is 1.09. The van der Waals surface area contributed by atoms with E-state index < -0.39 is 0 Å². The Labute approximate surface area is 165 Å². The molecule has 0 saturated carbocycles.